The number of ether oxygens (including phenoxy) is 1. The molecule has 0 saturated heterocycles. The molecule has 4 rings (SSSR count). The van der Waals surface area contributed by atoms with E-state index >= 15 is 0 Å². The molecule has 2 aromatic heterocycles. The molecule has 0 aliphatic carbocycles. The third-order valence-electron chi connectivity index (χ3n) is 5.85. The number of halogens is 1. The maximum Gasteiger partial charge on any atom is 0.338 e. The summed E-state index contributed by atoms with van der Waals surface area (Å²) in [5.74, 6) is -0.612. The van der Waals surface area contributed by atoms with Gasteiger partial charge in [0.2, 0.25) is 15.8 Å². The second-order valence-electron chi connectivity index (χ2n) is 8.44. The fourth-order valence-electron chi connectivity index (χ4n) is 3.93. The van der Waals surface area contributed by atoms with Crippen molar-refractivity contribution in [3.8, 4) is 5.69 Å². The minimum absolute atomic E-state index is 0.00259. The summed E-state index contributed by atoms with van der Waals surface area (Å²) < 4.78 is 39.9. The summed E-state index contributed by atoms with van der Waals surface area (Å²) in [6, 6.07) is 17.6. The quantitative estimate of drug-likeness (QED) is 0.229. The van der Waals surface area contributed by atoms with Crippen molar-refractivity contribution in [2.45, 2.75) is 38.3 Å². The summed E-state index contributed by atoms with van der Waals surface area (Å²) in [6.07, 6.45) is 0.401. The number of carbonyl (C=O) groups excluding carboxylic acids is 2. The van der Waals surface area contributed by atoms with Crippen LogP contribution < -0.4 is 4.72 Å². The van der Waals surface area contributed by atoms with Crippen LogP contribution in [0, 0.1) is 13.8 Å². The van der Waals surface area contributed by atoms with Crippen LogP contribution in [0.3, 0.4) is 0 Å². The number of sulfonamides is 1. The molecule has 0 saturated carbocycles. The molecular formula is C27H25ClN2O6S. The lowest BCUT2D eigenvalue weighted by molar-refractivity contribution is 0.0318. The standard InChI is InChI=1S/C27H25ClN2O6S/c1-17-15-25(18(2)30(17)22-10-8-21(28)9-11-22)26(31)19(3)36-27(32)20-6-12-24(13-7-20)37(33,34)29-16-23-5-4-14-35-23/h4-15,19,29H,16H2,1-3H3. The molecule has 0 amide bonds. The lowest BCUT2D eigenvalue weighted by Gasteiger charge is -2.14. The number of aromatic nitrogens is 1. The lowest BCUT2D eigenvalue weighted by Crippen LogP contribution is -2.25. The summed E-state index contributed by atoms with van der Waals surface area (Å²) in [5, 5.41) is 0.610. The Balaban J connectivity index is 1.43. The van der Waals surface area contributed by atoms with Crippen LogP contribution in [0.2, 0.25) is 5.02 Å². The van der Waals surface area contributed by atoms with Crippen LogP contribution in [0.25, 0.3) is 5.69 Å². The van der Waals surface area contributed by atoms with Gasteiger partial charge in [-0.05, 0) is 87.5 Å². The summed E-state index contributed by atoms with van der Waals surface area (Å²) in [5.41, 5.74) is 2.98. The third kappa shape index (κ3) is 5.85. The Hall–Kier alpha value is -3.66. The number of esters is 1. The largest absolute Gasteiger partial charge is 0.468 e. The molecule has 1 atom stereocenters. The van der Waals surface area contributed by atoms with Crippen molar-refractivity contribution >= 4 is 33.4 Å². The predicted molar refractivity (Wildman–Crippen MR) is 139 cm³/mol. The smallest absolute Gasteiger partial charge is 0.338 e. The summed E-state index contributed by atoms with van der Waals surface area (Å²) in [7, 11) is -3.81. The van der Waals surface area contributed by atoms with Gasteiger partial charge in [-0.3, -0.25) is 4.79 Å². The number of rotatable bonds is 9. The second kappa shape index (κ2) is 10.8. The Bertz CT molecular complexity index is 1520. The van der Waals surface area contributed by atoms with Crippen molar-refractivity contribution in [2.24, 2.45) is 0 Å². The van der Waals surface area contributed by atoms with E-state index in [0.29, 0.717) is 22.0 Å². The van der Waals surface area contributed by atoms with E-state index < -0.39 is 22.1 Å². The topological polar surface area (TPSA) is 108 Å². The normalized spacial score (nSPS) is 12.3. The number of Topliss-reactive ketones (excluding diaryl/α,β-unsaturated/α-hetero) is 1. The predicted octanol–water partition coefficient (Wildman–Crippen LogP) is 5.25. The molecule has 37 heavy (non-hydrogen) atoms. The molecule has 8 nitrogen and oxygen atoms in total. The Kier molecular flexibility index (Phi) is 7.68. The number of nitrogens with one attached hydrogen (secondary N) is 1. The molecular weight excluding hydrogens is 516 g/mol. The van der Waals surface area contributed by atoms with Gasteiger partial charge in [0.1, 0.15) is 5.76 Å². The minimum atomic E-state index is -3.81. The zero-order valence-electron chi connectivity index (χ0n) is 20.4. The molecule has 4 aromatic rings. The van der Waals surface area contributed by atoms with Crippen molar-refractivity contribution in [1.29, 1.82) is 0 Å². The second-order valence-corrected chi connectivity index (χ2v) is 10.6. The maximum atomic E-state index is 13.1. The van der Waals surface area contributed by atoms with E-state index in [4.69, 9.17) is 20.8 Å². The average molecular weight is 541 g/mol. The molecule has 0 spiro atoms. The average Bonchev–Trinajstić information content (AvgIpc) is 3.50. The highest BCUT2D eigenvalue weighted by atomic mass is 35.5. The lowest BCUT2D eigenvalue weighted by atomic mass is 10.1. The molecule has 2 aromatic carbocycles. The number of furan rings is 1. The molecule has 2 heterocycles. The zero-order valence-corrected chi connectivity index (χ0v) is 22.0. The van der Waals surface area contributed by atoms with Gasteiger partial charge in [0.05, 0.1) is 23.3 Å². The molecule has 1 N–H and O–H groups in total. The van der Waals surface area contributed by atoms with Crippen LogP contribution in [-0.2, 0) is 21.3 Å². The highest BCUT2D eigenvalue weighted by Crippen LogP contribution is 2.24. The fraction of sp³-hybridized carbons (Fsp3) is 0.185. The monoisotopic (exact) mass is 540 g/mol. The Morgan fingerprint density at radius 1 is 1.05 bits per heavy atom. The van der Waals surface area contributed by atoms with Crippen LogP contribution in [0.15, 0.2) is 82.3 Å². The third-order valence-corrected chi connectivity index (χ3v) is 7.52. The van der Waals surface area contributed by atoms with E-state index in [0.717, 1.165) is 11.4 Å². The first kappa shape index (κ1) is 26.4. The highest BCUT2D eigenvalue weighted by Gasteiger charge is 2.25. The van der Waals surface area contributed by atoms with Gasteiger partial charge >= 0.3 is 5.97 Å². The van der Waals surface area contributed by atoms with Gasteiger partial charge in [-0.1, -0.05) is 11.6 Å². The molecule has 0 aliphatic rings. The molecule has 0 radical (unpaired) electrons. The highest BCUT2D eigenvalue weighted by molar-refractivity contribution is 7.89. The van der Waals surface area contributed by atoms with Crippen LogP contribution in [-0.4, -0.2) is 30.8 Å². The number of aryl methyl sites for hydroxylation is 1. The molecule has 0 bridgehead atoms. The minimum Gasteiger partial charge on any atom is -0.468 e. The first-order valence-electron chi connectivity index (χ1n) is 11.4. The SMILES string of the molecule is Cc1cc(C(=O)C(C)OC(=O)c2ccc(S(=O)(=O)NCc3ccco3)cc2)c(C)n1-c1ccc(Cl)cc1. The Labute approximate surface area is 219 Å². The molecule has 0 fully saturated rings. The molecule has 1 unspecified atom stereocenters. The van der Waals surface area contributed by atoms with Crippen molar-refractivity contribution in [1.82, 2.24) is 9.29 Å². The zero-order chi connectivity index (χ0) is 26.7. The van der Waals surface area contributed by atoms with Gasteiger partial charge in [0.15, 0.2) is 6.10 Å². The first-order chi connectivity index (χ1) is 17.6. The molecule has 10 heteroatoms. The van der Waals surface area contributed by atoms with E-state index in [1.165, 1.54) is 37.5 Å². The van der Waals surface area contributed by atoms with Gasteiger partial charge in [0.25, 0.3) is 0 Å². The van der Waals surface area contributed by atoms with Crippen molar-refractivity contribution < 1.29 is 27.2 Å². The summed E-state index contributed by atoms with van der Waals surface area (Å²) in [4.78, 5) is 25.8. The van der Waals surface area contributed by atoms with Crippen LogP contribution in [0.1, 0.15) is 44.8 Å². The number of hydrogen-bond donors (Lipinski definition) is 1. The number of hydrogen-bond acceptors (Lipinski definition) is 6. The molecule has 192 valence electrons. The van der Waals surface area contributed by atoms with Crippen molar-refractivity contribution in [2.75, 3.05) is 0 Å². The van der Waals surface area contributed by atoms with Gasteiger partial charge < -0.3 is 13.7 Å². The van der Waals surface area contributed by atoms with Crippen LogP contribution in [0.4, 0.5) is 0 Å². The van der Waals surface area contributed by atoms with E-state index in [1.54, 1.807) is 30.3 Å². The van der Waals surface area contributed by atoms with Gasteiger partial charge in [-0.25, -0.2) is 17.9 Å². The van der Waals surface area contributed by atoms with Gasteiger partial charge in [-0.2, -0.15) is 0 Å². The van der Waals surface area contributed by atoms with Crippen molar-refractivity contribution in [3.63, 3.8) is 0 Å². The number of benzene rings is 2. The van der Waals surface area contributed by atoms with E-state index in [-0.39, 0.29) is 22.8 Å². The van der Waals surface area contributed by atoms with E-state index in [2.05, 4.69) is 4.72 Å². The maximum absolute atomic E-state index is 13.1. The van der Waals surface area contributed by atoms with Crippen LogP contribution >= 0.6 is 11.6 Å². The van der Waals surface area contributed by atoms with E-state index in [9.17, 15) is 18.0 Å². The number of carbonyl (C=O) groups is 2. The number of ketones is 1. The van der Waals surface area contributed by atoms with Crippen LogP contribution in [0.5, 0.6) is 0 Å². The van der Waals surface area contributed by atoms with E-state index in [1.807, 2.05) is 30.5 Å². The van der Waals surface area contributed by atoms with Gasteiger partial charge in [-0.15, -0.1) is 0 Å². The summed E-state index contributed by atoms with van der Waals surface area (Å²) in [6.45, 7) is 5.21. The first-order valence-corrected chi connectivity index (χ1v) is 13.2. The fourth-order valence-corrected chi connectivity index (χ4v) is 5.05. The molecule has 0 aliphatic heterocycles. The van der Waals surface area contributed by atoms with Gasteiger partial charge in [0, 0.05) is 27.7 Å². The summed E-state index contributed by atoms with van der Waals surface area (Å²) >= 11 is 5.99. The Morgan fingerprint density at radius 3 is 2.35 bits per heavy atom. The van der Waals surface area contributed by atoms with Crippen molar-refractivity contribution in [3.05, 3.63) is 106 Å². The number of nitrogens with zero attached hydrogens (tertiary/aromatic N) is 1. The Morgan fingerprint density at radius 2 is 1.73 bits per heavy atom.